The van der Waals surface area contributed by atoms with Crippen LogP contribution in [0.3, 0.4) is 0 Å². The van der Waals surface area contributed by atoms with Gasteiger partial charge in [-0.3, -0.25) is 4.79 Å². The van der Waals surface area contributed by atoms with Crippen molar-refractivity contribution in [3.63, 3.8) is 0 Å². The number of esters is 1. The fourth-order valence-electron chi connectivity index (χ4n) is 4.94. The molecule has 0 bridgehead atoms. The number of aryl methyl sites for hydroxylation is 2. The number of ketones is 1. The van der Waals surface area contributed by atoms with Gasteiger partial charge in [0.2, 0.25) is 0 Å². The second-order valence-electron chi connectivity index (χ2n) is 12.1. The number of benzene rings is 4. The Morgan fingerprint density at radius 1 is 0.632 bits per heavy atom. The molecular weight excluding hydrogens is 472 g/mol. The zero-order chi connectivity index (χ0) is 27.2. The van der Waals surface area contributed by atoms with Crippen molar-refractivity contribution >= 4 is 22.5 Å². The topological polar surface area (TPSA) is 52.6 Å². The van der Waals surface area contributed by atoms with E-state index in [0.29, 0.717) is 16.9 Å². The van der Waals surface area contributed by atoms with Crippen LogP contribution in [0.15, 0.2) is 72.8 Å². The number of Topliss-reactive ketones (excluding diaryl/α,β-unsaturated/α-hetero) is 1. The van der Waals surface area contributed by atoms with E-state index in [9.17, 15) is 9.59 Å². The highest BCUT2D eigenvalue weighted by Gasteiger charge is 2.23. The molecule has 4 nitrogen and oxygen atoms in total. The fraction of sp³-hybridized carbons (Fsp3) is 0.294. The molecule has 0 amide bonds. The third-order valence-electron chi connectivity index (χ3n) is 6.76. The Hall–Kier alpha value is -3.92. The summed E-state index contributed by atoms with van der Waals surface area (Å²) in [6.45, 7) is 11.9. The first kappa shape index (κ1) is 25.7. The van der Waals surface area contributed by atoms with E-state index in [2.05, 4.69) is 32.9 Å². The van der Waals surface area contributed by atoms with Crippen LogP contribution in [0.4, 0.5) is 0 Å². The molecular formula is C34H34O4. The second kappa shape index (κ2) is 9.43. The molecule has 0 unspecified atom stereocenters. The molecule has 5 rings (SSSR count). The van der Waals surface area contributed by atoms with Crippen LogP contribution >= 0.6 is 0 Å². The van der Waals surface area contributed by atoms with Crippen LogP contribution in [0.2, 0.25) is 0 Å². The van der Waals surface area contributed by atoms with Crippen LogP contribution in [0, 0.1) is 5.41 Å². The molecule has 1 aliphatic rings. The standard InChI is InChI=1S/C34H34O4/c1-33(2,3)31(35)25-11-7-22-18-26(12-8-21(22)17-25)32(36)37-27-13-15-29-23(19-27)9-10-24-20-28(14-16-30(24)29)38-34(4,5)6/h7-8,11-20H,9-10H2,1-6H3. The molecule has 0 atom stereocenters. The van der Waals surface area contributed by atoms with Crippen LogP contribution in [-0.4, -0.2) is 17.4 Å². The van der Waals surface area contributed by atoms with Crippen molar-refractivity contribution in [3.8, 4) is 22.6 Å². The van der Waals surface area contributed by atoms with Crippen LogP contribution in [0.5, 0.6) is 11.5 Å². The molecule has 0 radical (unpaired) electrons. The molecule has 194 valence electrons. The van der Waals surface area contributed by atoms with E-state index in [4.69, 9.17) is 9.47 Å². The van der Waals surface area contributed by atoms with Gasteiger partial charge in [-0.05, 0) is 109 Å². The van der Waals surface area contributed by atoms with Crippen molar-refractivity contribution in [2.75, 3.05) is 0 Å². The molecule has 38 heavy (non-hydrogen) atoms. The molecule has 0 heterocycles. The van der Waals surface area contributed by atoms with Gasteiger partial charge in [0.25, 0.3) is 0 Å². The summed E-state index contributed by atoms with van der Waals surface area (Å²) < 4.78 is 11.8. The Balaban J connectivity index is 1.34. The molecule has 0 saturated carbocycles. The highest BCUT2D eigenvalue weighted by Crippen LogP contribution is 2.38. The maximum atomic E-state index is 13.0. The molecule has 1 aliphatic carbocycles. The summed E-state index contributed by atoms with van der Waals surface area (Å²) in [7, 11) is 0. The lowest BCUT2D eigenvalue weighted by Crippen LogP contribution is -2.23. The molecule has 0 saturated heterocycles. The predicted octanol–water partition coefficient (Wildman–Crippen LogP) is 8.23. The van der Waals surface area contributed by atoms with Gasteiger partial charge in [0.05, 0.1) is 5.56 Å². The minimum Gasteiger partial charge on any atom is -0.488 e. The Labute approximate surface area is 224 Å². The number of carbonyl (C=O) groups excluding carboxylic acids is 2. The Bertz CT molecular complexity index is 1560. The van der Waals surface area contributed by atoms with Gasteiger partial charge in [-0.25, -0.2) is 4.79 Å². The van der Waals surface area contributed by atoms with Crippen molar-refractivity contribution in [2.45, 2.75) is 60.0 Å². The van der Waals surface area contributed by atoms with E-state index in [1.165, 1.54) is 22.3 Å². The Morgan fingerprint density at radius 3 is 1.74 bits per heavy atom. The highest BCUT2D eigenvalue weighted by atomic mass is 16.5. The average Bonchev–Trinajstić information content (AvgIpc) is 2.85. The van der Waals surface area contributed by atoms with E-state index in [-0.39, 0.29) is 11.4 Å². The van der Waals surface area contributed by atoms with Gasteiger partial charge in [-0.15, -0.1) is 0 Å². The van der Waals surface area contributed by atoms with Crippen LogP contribution in [0.1, 0.15) is 73.4 Å². The maximum Gasteiger partial charge on any atom is 0.343 e. The van der Waals surface area contributed by atoms with Crippen molar-refractivity contribution < 1.29 is 19.1 Å². The van der Waals surface area contributed by atoms with E-state index in [0.717, 1.165) is 29.4 Å². The van der Waals surface area contributed by atoms with Crippen molar-refractivity contribution in [3.05, 3.63) is 95.1 Å². The third kappa shape index (κ3) is 5.35. The summed E-state index contributed by atoms with van der Waals surface area (Å²) in [6, 6.07) is 23.2. The molecule has 0 aliphatic heterocycles. The van der Waals surface area contributed by atoms with Crippen molar-refractivity contribution in [2.24, 2.45) is 5.41 Å². The molecule has 4 heteroatoms. The van der Waals surface area contributed by atoms with Gasteiger partial charge in [0.15, 0.2) is 5.78 Å². The lowest BCUT2D eigenvalue weighted by molar-refractivity contribution is 0.0734. The number of carbonyl (C=O) groups is 2. The SMILES string of the molecule is CC(C)(C)Oc1ccc2c(c1)CCc1cc(OC(=O)c3ccc4cc(C(=O)C(C)(C)C)ccc4c3)ccc1-2. The molecule has 0 aromatic heterocycles. The van der Waals surface area contributed by atoms with Crippen LogP contribution in [0.25, 0.3) is 21.9 Å². The molecule has 4 aromatic carbocycles. The highest BCUT2D eigenvalue weighted by molar-refractivity contribution is 6.04. The van der Waals surface area contributed by atoms with Gasteiger partial charge >= 0.3 is 5.97 Å². The molecule has 0 N–H and O–H groups in total. The first-order valence-electron chi connectivity index (χ1n) is 13.1. The van der Waals surface area contributed by atoms with Crippen LogP contribution in [-0.2, 0) is 12.8 Å². The zero-order valence-electron chi connectivity index (χ0n) is 23.0. The number of ether oxygens (including phenoxy) is 2. The minimum atomic E-state index is -0.446. The summed E-state index contributed by atoms with van der Waals surface area (Å²) in [4.78, 5) is 25.6. The average molecular weight is 507 g/mol. The van der Waals surface area contributed by atoms with Gasteiger partial charge in [-0.1, -0.05) is 51.1 Å². The molecule has 0 fully saturated rings. The first-order valence-corrected chi connectivity index (χ1v) is 13.1. The third-order valence-corrected chi connectivity index (χ3v) is 6.76. The monoisotopic (exact) mass is 506 g/mol. The zero-order valence-corrected chi connectivity index (χ0v) is 23.0. The summed E-state index contributed by atoms with van der Waals surface area (Å²) in [5, 5.41) is 1.81. The summed E-state index contributed by atoms with van der Waals surface area (Å²) in [6.07, 6.45) is 1.78. The summed E-state index contributed by atoms with van der Waals surface area (Å²) >= 11 is 0. The quantitative estimate of drug-likeness (QED) is 0.159. The minimum absolute atomic E-state index is 0.0941. The predicted molar refractivity (Wildman–Crippen MR) is 152 cm³/mol. The number of fused-ring (bicyclic) bond motifs is 4. The molecule has 4 aromatic rings. The maximum absolute atomic E-state index is 13.0. The Kier molecular flexibility index (Phi) is 6.38. The van der Waals surface area contributed by atoms with E-state index < -0.39 is 11.4 Å². The van der Waals surface area contributed by atoms with Crippen molar-refractivity contribution in [1.29, 1.82) is 0 Å². The number of hydrogen-bond donors (Lipinski definition) is 0. The van der Waals surface area contributed by atoms with Crippen LogP contribution < -0.4 is 9.47 Å². The summed E-state index contributed by atoms with van der Waals surface area (Å²) in [5.74, 6) is 1.12. The van der Waals surface area contributed by atoms with Gasteiger partial charge in [0.1, 0.15) is 17.1 Å². The number of rotatable bonds is 4. The van der Waals surface area contributed by atoms with E-state index in [1.54, 1.807) is 6.07 Å². The molecule has 0 spiro atoms. The lowest BCUT2D eigenvalue weighted by Gasteiger charge is -2.25. The number of hydrogen-bond acceptors (Lipinski definition) is 4. The largest absolute Gasteiger partial charge is 0.488 e. The van der Waals surface area contributed by atoms with Crippen molar-refractivity contribution in [1.82, 2.24) is 0 Å². The first-order chi connectivity index (χ1) is 17.9. The normalized spacial score (nSPS) is 13.0. The smallest absolute Gasteiger partial charge is 0.343 e. The van der Waals surface area contributed by atoms with Gasteiger partial charge in [-0.2, -0.15) is 0 Å². The fourth-order valence-corrected chi connectivity index (χ4v) is 4.94. The van der Waals surface area contributed by atoms with Gasteiger partial charge in [0, 0.05) is 11.0 Å². The Morgan fingerprint density at radius 2 is 1.16 bits per heavy atom. The lowest BCUT2D eigenvalue weighted by atomic mass is 9.85. The van der Waals surface area contributed by atoms with E-state index >= 15 is 0 Å². The summed E-state index contributed by atoms with van der Waals surface area (Å²) in [5.41, 5.74) is 5.27. The van der Waals surface area contributed by atoms with E-state index in [1.807, 2.05) is 75.4 Å². The second-order valence-corrected chi connectivity index (χ2v) is 12.1. The van der Waals surface area contributed by atoms with Gasteiger partial charge < -0.3 is 9.47 Å².